The molecule has 28 heavy (non-hydrogen) atoms. The van der Waals surface area contributed by atoms with Crippen LogP contribution >= 0.6 is 0 Å². The monoisotopic (exact) mass is 378 g/mol. The van der Waals surface area contributed by atoms with Gasteiger partial charge in [0.25, 0.3) is 5.91 Å². The maximum atomic E-state index is 12.7. The summed E-state index contributed by atoms with van der Waals surface area (Å²) in [5.74, 6) is -0.326. The molecule has 1 aliphatic rings. The Morgan fingerprint density at radius 3 is 2.75 bits per heavy atom. The molecule has 0 saturated carbocycles. The van der Waals surface area contributed by atoms with Gasteiger partial charge in [-0.1, -0.05) is 11.3 Å². The predicted octanol–water partition coefficient (Wildman–Crippen LogP) is 1.95. The van der Waals surface area contributed by atoms with Gasteiger partial charge in [0.05, 0.1) is 5.69 Å². The highest BCUT2D eigenvalue weighted by Crippen LogP contribution is 2.16. The van der Waals surface area contributed by atoms with Crippen molar-refractivity contribution in [3.8, 4) is 5.69 Å². The minimum atomic E-state index is -0.567. The van der Waals surface area contributed by atoms with E-state index in [1.165, 1.54) is 0 Å². The Labute approximate surface area is 162 Å². The minimum absolute atomic E-state index is 0.0318. The fraction of sp³-hybridized carbons (Fsp3) is 0.350. The van der Waals surface area contributed by atoms with Crippen LogP contribution in [0, 0.1) is 0 Å². The van der Waals surface area contributed by atoms with E-state index in [1.807, 2.05) is 17.0 Å². The lowest BCUT2D eigenvalue weighted by Crippen LogP contribution is -2.48. The summed E-state index contributed by atoms with van der Waals surface area (Å²) in [5, 5.41) is 11.0. The van der Waals surface area contributed by atoms with Crippen LogP contribution in [0.1, 0.15) is 36.5 Å². The number of nitrogens with one attached hydrogen (secondary N) is 1. The molecule has 3 aromatic rings. The summed E-state index contributed by atoms with van der Waals surface area (Å²) in [4.78, 5) is 31.4. The molecule has 3 heterocycles. The molecule has 8 nitrogen and oxygen atoms in total. The van der Waals surface area contributed by atoms with E-state index in [0.717, 1.165) is 32.4 Å². The van der Waals surface area contributed by atoms with Gasteiger partial charge in [0.2, 0.25) is 5.91 Å². The maximum absolute atomic E-state index is 12.7. The topological polar surface area (TPSA) is 93.0 Å². The Hall–Kier alpha value is -3.29. The molecule has 4 rings (SSSR count). The molecule has 0 unspecified atom stereocenters. The number of amides is 2. The van der Waals surface area contributed by atoms with Crippen molar-refractivity contribution in [2.24, 2.45) is 0 Å². The molecule has 8 heteroatoms. The molecule has 0 spiro atoms. The molecule has 1 aromatic carbocycles. The molecule has 1 N–H and O–H groups in total. The van der Waals surface area contributed by atoms with Gasteiger partial charge in [0.15, 0.2) is 5.65 Å². The van der Waals surface area contributed by atoms with Gasteiger partial charge in [-0.3, -0.25) is 9.59 Å². The molecular weight excluding hydrogens is 356 g/mol. The number of hydrogen-bond acceptors (Lipinski definition) is 5. The van der Waals surface area contributed by atoms with Gasteiger partial charge in [-0.15, -0.1) is 5.10 Å². The van der Waals surface area contributed by atoms with E-state index in [0.29, 0.717) is 22.4 Å². The highest BCUT2D eigenvalue weighted by Gasteiger charge is 2.24. The normalized spacial score (nSPS) is 15.4. The van der Waals surface area contributed by atoms with Crippen molar-refractivity contribution in [2.45, 2.75) is 32.2 Å². The first kappa shape index (κ1) is 18.1. The fourth-order valence-corrected chi connectivity index (χ4v) is 3.45. The second-order valence-corrected chi connectivity index (χ2v) is 6.98. The van der Waals surface area contributed by atoms with Crippen LogP contribution in [-0.2, 0) is 4.79 Å². The van der Waals surface area contributed by atoms with Crippen molar-refractivity contribution in [1.82, 2.24) is 30.2 Å². The van der Waals surface area contributed by atoms with Crippen molar-refractivity contribution in [2.75, 3.05) is 13.1 Å². The minimum Gasteiger partial charge on any atom is -0.341 e. The Morgan fingerprint density at radius 2 is 1.93 bits per heavy atom. The van der Waals surface area contributed by atoms with Gasteiger partial charge >= 0.3 is 0 Å². The third kappa shape index (κ3) is 3.58. The van der Waals surface area contributed by atoms with Gasteiger partial charge in [-0.25, -0.2) is 4.98 Å². The number of likely N-dealkylation sites (tertiary alicyclic amines) is 1. The van der Waals surface area contributed by atoms with Crippen LogP contribution in [0.2, 0.25) is 0 Å². The smallest absolute Gasteiger partial charge is 0.251 e. The molecule has 2 amide bonds. The van der Waals surface area contributed by atoms with Crippen LogP contribution in [0.5, 0.6) is 0 Å². The maximum Gasteiger partial charge on any atom is 0.251 e. The van der Waals surface area contributed by atoms with Gasteiger partial charge in [-0.05, 0) is 56.5 Å². The Balaban J connectivity index is 1.51. The zero-order valence-corrected chi connectivity index (χ0v) is 15.7. The first-order valence-corrected chi connectivity index (χ1v) is 9.50. The van der Waals surface area contributed by atoms with Gasteiger partial charge < -0.3 is 10.2 Å². The molecule has 1 fully saturated rings. The standard InChI is InChI=1S/C20H22N6O2/c1-14(20(28)25-11-3-2-4-12-25)22-19(27)15-7-5-8-16(13-15)26-18-17(23-24-26)9-6-10-21-18/h5-10,13-14H,2-4,11-12H2,1H3,(H,22,27)/t14-/m0/s1. The molecule has 1 saturated heterocycles. The van der Waals surface area contributed by atoms with Gasteiger partial charge in [-0.2, -0.15) is 4.68 Å². The highest BCUT2D eigenvalue weighted by molar-refractivity contribution is 5.97. The van der Waals surface area contributed by atoms with E-state index in [2.05, 4.69) is 20.6 Å². The predicted molar refractivity (Wildman–Crippen MR) is 104 cm³/mol. The summed E-state index contributed by atoms with van der Waals surface area (Å²) in [6, 6.07) is 10.1. The number of aromatic nitrogens is 4. The Morgan fingerprint density at radius 1 is 1.11 bits per heavy atom. The molecule has 0 aliphatic carbocycles. The number of rotatable bonds is 4. The molecular formula is C20H22N6O2. The number of benzene rings is 1. The lowest BCUT2D eigenvalue weighted by molar-refractivity contribution is -0.133. The fourth-order valence-electron chi connectivity index (χ4n) is 3.45. The summed E-state index contributed by atoms with van der Waals surface area (Å²) in [7, 11) is 0. The molecule has 0 radical (unpaired) electrons. The molecule has 0 bridgehead atoms. The van der Waals surface area contributed by atoms with E-state index in [9.17, 15) is 9.59 Å². The van der Waals surface area contributed by atoms with Crippen LogP contribution < -0.4 is 5.32 Å². The average Bonchev–Trinajstić information content (AvgIpc) is 3.18. The van der Waals surface area contributed by atoms with Crippen molar-refractivity contribution < 1.29 is 9.59 Å². The summed E-state index contributed by atoms with van der Waals surface area (Å²) in [6.07, 6.45) is 4.87. The van der Waals surface area contributed by atoms with Crippen LogP contribution in [-0.4, -0.2) is 55.8 Å². The first-order valence-electron chi connectivity index (χ1n) is 9.50. The second kappa shape index (κ2) is 7.75. The van der Waals surface area contributed by atoms with Crippen LogP contribution in [0.3, 0.4) is 0 Å². The summed E-state index contributed by atoms with van der Waals surface area (Å²) in [6.45, 7) is 3.26. The Kier molecular flexibility index (Phi) is 5.01. The van der Waals surface area contributed by atoms with E-state index in [4.69, 9.17) is 0 Å². The van der Waals surface area contributed by atoms with Crippen molar-refractivity contribution in [3.05, 3.63) is 48.2 Å². The summed E-state index contributed by atoms with van der Waals surface area (Å²) < 4.78 is 1.59. The number of carbonyl (C=O) groups is 2. The van der Waals surface area contributed by atoms with E-state index < -0.39 is 6.04 Å². The number of nitrogens with zero attached hydrogens (tertiary/aromatic N) is 5. The van der Waals surface area contributed by atoms with Crippen LogP contribution in [0.4, 0.5) is 0 Å². The number of carbonyl (C=O) groups excluding carboxylic acids is 2. The van der Waals surface area contributed by atoms with Crippen LogP contribution in [0.25, 0.3) is 16.9 Å². The van der Waals surface area contributed by atoms with Gasteiger partial charge in [0, 0.05) is 24.8 Å². The van der Waals surface area contributed by atoms with Crippen LogP contribution in [0.15, 0.2) is 42.6 Å². The van der Waals surface area contributed by atoms with Gasteiger partial charge in [0.1, 0.15) is 11.6 Å². The molecule has 1 aliphatic heterocycles. The Bertz CT molecular complexity index is 1010. The van der Waals surface area contributed by atoms with Crippen molar-refractivity contribution in [3.63, 3.8) is 0 Å². The lowest BCUT2D eigenvalue weighted by atomic mass is 10.1. The largest absolute Gasteiger partial charge is 0.341 e. The number of hydrogen-bond donors (Lipinski definition) is 1. The lowest BCUT2D eigenvalue weighted by Gasteiger charge is -2.29. The number of pyridine rings is 1. The van der Waals surface area contributed by atoms with E-state index in [1.54, 1.807) is 42.1 Å². The first-order chi connectivity index (χ1) is 13.6. The van der Waals surface area contributed by atoms with Crippen molar-refractivity contribution >= 4 is 23.0 Å². The SMILES string of the molecule is C[C@H](NC(=O)c1cccc(-n2nnc3cccnc32)c1)C(=O)N1CCCCC1. The zero-order valence-electron chi connectivity index (χ0n) is 15.7. The van der Waals surface area contributed by atoms with E-state index in [-0.39, 0.29) is 11.8 Å². The number of fused-ring (bicyclic) bond motifs is 1. The second-order valence-electron chi connectivity index (χ2n) is 6.98. The number of piperidine rings is 1. The summed E-state index contributed by atoms with van der Waals surface area (Å²) in [5.41, 5.74) is 2.44. The molecule has 1 atom stereocenters. The molecule has 2 aromatic heterocycles. The van der Waals surface area contributed by atoms with E-state index >= 15 is 0 Å². The third-order valence-electron chi connectivity index (χ3n) is 4.95. The summed E-state index contributed by atoms with van der Waals surface area (Å²) >= 11 is 0. The third-order valence-corrected chi connectivity index (χ3v) is 4.95. The molecule has 144 valence electrons. The quantitative estimate of drug-likeness (QED) is 0.749. The highest BCUT2D eigenvalue weighted by atomic mass is 16.2. The van der Waals surface area contributed by atoms with Crippen molar-refractivity contribution in [1.29, 1.82) is 0 Å². The zero-order chi connectivity index (χ0) is 19.5. The average molecular weight is 378 g/mol.